The summed E-state index contributed by atoms with van der Waals surface area (Å²) in [7, 11) is 0. The van der Waals surface area contributed by atoms with Crippen molar-refractivity contribution in [2.24, 2.45) is 0 Å². The molecule has 30 heavy (non-hydrogen) atoms. The first-order valence-electron chi connectivity index (χ1n) is 9.41. The third-order valence-electron chi connectivity index (χ3n) is 4.46. The molecule has 10 nitrogen and oxygen atoms in total. The van der Waals surface area contributed by atoms with Crippen molar-refractivity contribution in [2.75, 3.05) is 44.8 Å². The summed E-state index contributed by atoms with van der Waals surface area (Å²) in [6, 6.07) is 11.3. The van der Waals surface area contributed by atoms with Gasteiger partial charge >= 0.3 is 6.03 Å². The normalized spacial score (nSPS) is 14.0. The zero-order valence-electron chi connectivity index (χ0n) is 16.2. The first-order valence-corrected chi connectivity index (χ1v) is 9.41. The first-order chi connectivity index (χ1) is 14.5. The lowest BCUT2D eigenvalue weighted by Crippen LogP contribution is -2.38. The van der Waals surface area contributed by atoms with Crippen molar-refractivity contribution in [3.8, 4) is 5.75 Å². The minimum Gasteiger partial charge on any atom is -0.492 e. The molecule has 158 valence electrons. The smallest absolute Gasteiger partial charge is 0.326 e. The van der Waals surface area contributed by atoms with Gasteiger partial charge in [0, 0.05) is 31.4 Å². The molecule has 3 rings (SSSR count). The monoisotopic (exact) mass is 414 g/mol. The SMILES string of the molecule is O=C(NC(=O)c1ccccc1[N+](=O)[O-])Nc1ccc(OCCN2CCOCC2)cc1. The molecule has 1 heterocycles. The molecule has 0 atom stereocenters. The minimum atomic E-state index is -0.858. The van der Waals surface area contributed by atoms with Crippen LogP contribution in [0, 0.1) is 10.1 Å². The van der Waals surface area contributed by atoms with Gasteiger partial charge in [0.05, 0.1) is 18.1 Å². The summed E-state index contributed by atoms with van der Waals surface area (Å²) in [6.07, 6.45) is 0. The summed E-state index contributed by atoms with van der Waals surface area (Å²) in [6.45, 7) is 4.61. The number of nitro benzene ring substituents is 1. The third kappa shape index (κ3) is 6.00. The van der Waals surface area contributed by atoms with Crippen LogP contribution in [0.1, 0.15) is 10.4 Å². The van der Waals surface area contributed by atoms with Gasteiger partial charge in [-0.15, -0.1) is 0 Å². The van der Waals surface area contributed by atoms with E-state index in [2.05, 4.69) is 15.5 Å². The van der Waals surface area contributed by atoms with Gasteiger partial charge in [-0.05, 0) is 30.3 Å². The number of nitrogens with one attached hydrogen (secondary N) is 2. The van der Waals surface area contributed by atoms with Crippen LogP contribution in [0.25, 0.3) is 0 Å². The zero-order valence-corrected chi connectivity index (χ0v) is 16.2. The predicted molar refractivity (Wildman–Crippen MR) is 109 cm³/mol. The number of urea groups is 1. The van der Waals surface area contributed by atoms with Gasteiger partial charge in [0.1, 0.15) is 17.9 Å². The maximum Gasteiger partial charge on any atom is 0.326 e. The molecular weight excluding hydrogens is 392 g/mol. The molecule has 1 saturated heterocycles. The van der Waals surface area contributed by atoms with E-state index in [0.717, 1.165) is 32.8 Å². The Bertz CT molecular complexity index is 896. The van der Waals surface area contributed by atoms with Crippen molar-refractivity contribution >= 4 is 23.3 Å². The number of nitrogens with zero attached hydrogens (tertiary/aromatic N) is 2. The Balaban J connectivity index is 1.47. The maximum absolute atomic E-state index is 12.2. The second-order valence-corrected chi connectivity index (χ2v) is 6.51. The van der Waals surface area contributed by atoms with Crippen molar-refractivity contribution in [1.82, 2.24) is 10.2 Å². The lowest BCUT2D eigenvalue weighted by molar-refractivity contribution is -0.385. The highest BCUT2D eigenvalue weighted by Crippen LogP contribution is 2.18. The van der Waals surface area contributed by atoms with Gasteiger partial charge in [0.25, 0.3) is 11.6 Å². The fraction of sp³-hybridized carbons (Fsp3) is 0.300. The molecule has 10 heteroatoms. The van der Waals surface area contributed by atoms with Crippen LogP contribution in [-0.4, -0.2) is 61.2 Å². The molecule has 0 spiro atoms. The van der Waals surface area contributed by atoms with Crippen LogP contribution >= 0.6 is 0 Å². The van der Waals surface area contributed by atoms with Gasteiger partial charge in [0.2, 0.25) is 0 Å². The fourth-order valence-electron chi connectivity index (χ4n) is 2.91. The van der Waals surface area contributed by atoms with E-state index in [1.54, 1.807) is 24.3 Å². The van der Waals surface area contributed by atoms with E-state index in [0.29, 0.717) is 18.0 Å². The molecule has 2 aromatic carbocycles. The zero-order chi connectivity index (χ0) is 21.3. The van der Waals surface area contributed by atoms with E-state index >= 15 is 0 Å². The molecule has 2 N–H and O–H groups in total. The summed E-state index contributed by atoms with van der Waals surface area (Å²) < 4.78 is 11.0. The lowest BCUT2D eigenvalue weighted by Gasteiger charge is -2.26. The van der Waals surface area contributed by atoms with Crippen LogP contribution < -0.4 is 15.4 Å². The van der Waals surface area contributed by atoms with Crippen LogP contribution in [0.4, 0.5) is 16.2 Å². The average Bonchev–Trinajstić information content (AvgIpc) is 2.75. The van der Waals surface area contributed by atoms with Crippen LogP contribution in [-0.2, 0) is 4.74 Å². The predicted octanol–water partition coefficient (Wildman–Crippen LogP) is 2.27. The topological polar surface area (TPSA) is 123 Å². The van der Waals surface area contributed by atoms with Crippen LogP contribution in [0.5, 0.6) is 5.75 Å². The van der Waals surface area contributed by atoms with Gasteiger partial charge < -0.3 is 14.8 Å². The lowest BCUT2D eigenvalue weighted by atomic mass is 10.1. The van der Waals surface area contributed by atoms with Gasteiger partial charge in [0.15, 0.2) is 0 Å². The number of rotatable bonds is 7. The van der Waals surface area contributed by atoms with Crippen molar-refractivity contribution < 1.29 is 24.0 Å². The number of carbonyl (C=O) groups excluding carboxylic acids is 2. The van der Waals surface area contributed by atoms with Crippen LogP contribution in [0.2, 0.25) is 0 Å². The van der Waals surface area contributed by atoms with Crippen molar-refractivity contribution in [3.63, 3.8) is 0 Å². The molecule has 1 aliphatic heterocycles. The molecular formula is C20H22N4O6. The molecule has 0 bridgehead atoms. The van der Waals surface area contributed by atoms with Gasteiger partial charge in [-0.1, -0.05) is 12.1 Å². The Hall–Kier alpha value is -3.50. The van der Waals surface area contributed by atoms with E-state index in [9.17, 15) is 19.7 Å². The van der Waals surface area contributed by atoms with Gasteiger partial charge in [-0.25, -0.2) is 4.79 Å². The number of ether oxygens (including phenoxy) is 2. The molecule has 0 aromatic heterocycles. The molecule has 3 amide bonds. The Morgan fingerprint density at radius 2 is 1.80 bits per heavy atom. The number of amides is 3. The van der Waals surface area contributed by atoms with E-state index in [4.69, 9.17) is 9.47 Å². The number of hydrogen-bond donors (Lipinski definition) is 2. The quantitative estimate of drug-likeness (QED) is 0.526. The highest BCUT2D eigenvalue weighted by Gasteiger charge is 2.20. The Kier molecular flexibility index (Phi) is 7.30. The molecule has 1 fully saturated rings. The van der Waals surface area contributed by atoms with E-state index < -0.39 is 16.9 Å². The van der Waals surface area contributed by atoms with Gasteiger partial charge in [-0.2, -0.15) is 0 Å². The molecule has 0 saturated carbocycles. The maximum atomic E-state index is 12.2. The summed E-state index contributed by atoms with van der Waals surface area (Å²) in [5, 5.41) is 15.6. The number of para-hydroxylation sites is 1. The van der Waals surface area contributed by atoms with E-state index in [1.165, 1.54) is 24.3 Å². The molecule has 0 unspecified atom stereocenters. The second kappa shape index (κ2) is 10.3. The van der Waals surface area contributed by atoms with Crippen molar-refractivity contribution in [1.29, 1.82) is 0 Å². The number of imide groups is 1. The number of hydrogen-bond acceptors (Lipinski definition) is 7. The number of nitro groups is 1. The van der Waals surface area contributed by atoms with E-state index in [1.807, 2.05) is 0 Å². The van der Waals surface area contributed by atoms with Crippen LogP contribution in [0.3, 0.4) is 0 Å². The number of carbonyl (C=O) groups is 2. The standard InChI is InChI=1S/C20H22N4O6/c25-19(17-3-1-2-4-18(17)24(27)28)22-20(26)21-15-5-7-16(8-6-15)30-14-11-23-9-12-29-13-10-23/h1-8H,9-14H2,(H2,21,22,25,26). The van der Waals surface area contributed by atoms with E-state index in [-0.39, 0.29) is 11.3 Å². The Labute approximate surface area is 172 Å². The summed E-state index contributed by atoms with van der Waals surface area (Å²) in [5.41, 5.74) is -0.119. The number of benzene rings is 2. The van der Waals surface area contributed by atoms with Crippen molar-refractivity contribution in [2.45, 2.75) is 0 Å². The summed E-state index contributed by atoms with van der Waals surface area (Å²) in [5.74, 6) is -0.201. The first kappa shape index (κ1) is 21.2. The number of morpholine rings is 1. The fourth-order valence-corrected chi connectivity index (χ4v) is 2.91. The second-order valence-electron chi connectivity index (χ2n) is 6.51. The van der Waals surface area contributed by atoms with Crippen molar-refractivity contribution in [3.05, 3.63) is 64.2 Å². The molecule has 2 aromatic rings. The Morgan fingerprint density at radius 1 is 1.10 bits per heavy atom. The largest absolute Gasteiger partial charge is 0.492 e. The molecule has 1 aliphatic rings. The highest BCUT2D eigenvalue weighted by molar-refractivity contribution is 6.09. The highest BCUT2D eigenvalue weighted by atomic mass is 16.6. The summed E-state index contributed by atoms with van der Waals surface area (Å²) in [4.78, 5) is 36.8. The third-order valence-corrected chi connectivity index (χ3v) is 4.46. The summed E-state index contributed by atoms with van der Waals surface area (Å²) >= 11 is 0. The molecule has 0 radical (unpaired) electrons. The number of anilines is 1. The average molecular weight is 414 g/mol. The minimum absolute atomic E-state index is 0.193. The molecule has 0 aliphatic carbocycles. The Morgan fingerprint density at radius 3 is 2.50 bits per heavy atom. The van der Waals surface area contributed by atoms with Gasteiger partial charge in [-0.3, -0.25) is 25.1 Å². The van der Waals surface area contributed by atoms with Crippen LogP contribution in [0.15, 0.2) is 48.5 Å².